The molecule has 0 spiro atoms. The van der Waals surface area contributed by atoms with Crippen molar-refractivity contribution in [1.82, 2.24) is 29.8 Å². The number of fused-ring (bicyclic) bond motifs is 1. The first-order valence-electron chi connectivity index (χ1n) is 9.49. The zero-order chi connectivity index (χ0) is 19.6. The fourth-order valence-corrected chi connectivity index (χ4v) is 3.66. The van der Waals surface area contributed by atoms with Gasteiger partial charge in [-0.1, -0.05) is 6.92 Å². The number of aromatic nitrogens is 4. The number of rotatable bonds is 5. The normalized spacial score (nSPS) is 14.0. The first-order chi connectivity index (χ1) is 12.9. The van der Waals surface area contributed by atoms with Crippen molar-refractivity contribution in [2.75, 3.05) is 6.54 Å². The Labute approximate surface area is 159 Å². The zero-order valence-electron chi connectivity index (χ0n) is 16.6. The Morgan fingerprint density at radius 3 is 2.67 bits per heavy atom. The van der Waals surface area contributed by atoms with Crippen molar-refractivity contribution in [2.24, 2.45) is 0 Å². The molecule has 3 rings (SSSR count). The Balaban J connectivity index is 1.60. The number of nitrogens with zero attached hydrogens (tertiary/aromatic N) is 5. The quantitative estimate of drug-likeness (QED) is 0.858. The molecule has 2 amide bonds. The maximum Gasteiger partial charge on any atom is 0.242 e. The molecule has 0 fully saturated rings. The van der Waals surface area contributed by atoms with Gasteiger partial charge in [0, 0.05) is 25.7 Å². The molecule has 1 aliphatic heterocycles. The molecule has 8 heteroatoms. The van der Waals surface area contributed by atoms with Crippen LogP contribution in [0.5, 0.6) is 0 Å². The molecule has 2 aromatic rings. The lowest BCUT2D eigenvalue weighted by Crippen LogP contribution is -2.28. The molecule has 3 heterocycles. The highest BCUT2D eigenvalue weighted by atomic mass is 16.2. The predicted molar refractivity (Wildman–Crippen MR) is 101 cm³/mol. The summed E-state index contributed by atoms with van der Waals surface area (Å²) in [6.07, 6.45) is 1.80. The van der Waals surface area contributed by atoms with Crippen molar-refractivity contribution in [3.63, 3.8) is 0 Å². The molecule has 1 aliphatic rings. The minimum atomic E-state index is -0.0863. The molecule has 0 aromatic carbocycles. The Kier molecular flexibility index (Phi) is 5.62. The van der Waals surface area contributed by atoms with Crippen LogP contribution in [0.25, 0.3) is 0 Å². The van der Waals surface area contributed by atoms with E-state index in [4.69, 9.17) is 0 Å². The number of nitrogens with one attached hydrogen (secondary N) is 1. The Morgan fingerprint density at radius 2 is 2.00 bits per heavy atom. The van der Waals surface area contributed by atoms with Crippen LogP contribution >= 0.6 is 0 Å². The van der Waals surface area contributed by atoms with E-state index in [0.29, 0.717) is 13.1 Å². The smallest absolute Gasteiger partial charge is 0.242 e. The third kappa shape index (κ3) is 4.20. The van der Waals surface area contributed by atoms with E-state index in [0.717, 1.165) is 48.7 Å². The van der Waals surface area contributed by atoms with Gasteiger partial charge in [0.15, 0.2) is 0 Å². The van der Waals surface area contributed by atoms with E-state index in [1.807, 2.05) is 29.5 Å². The monoisotopic (exact) mass is 372 g/mol. The average Bonchev–Trinajstić information content (AvgIpc) is 3.04. The van der Waals surface area contributed by atoms with Crippen LogP contribution in [-0.4, -0.2) is 42.8 Å². The van der Waals surface area contributed by atoms with Gasteiger partial charge in [-0.3, -0.25) is 19.0 Å². The van der Waals surface area contributed by atoms with Crippen LogP contribution in [0.2, 0.25) is 0 Å². The number of hydrogen-bond acceptors (Lipinski definition) is 4. The maximum atomic E-state index is 12.3. The number of carbonyl (C=O) groups is 2. The largest absolute Gasteiger partial charge is 0.349 e. The zero-order valence-corrected chi connectivity index (χ0v) is 16.6. The summed E-state index contributed by atoms with van der Waals surface area (Å²) in [5.74, 6) is -0.00681. The summed E-state index contributed by atoms with van der Waals surface area (Å²) in [5, 5.41) is 12.0. The molecule has 1 N–H and O–H groups in total. The molecule has 0 aliphatic carbocycles. The van der Waals surface area contributed by atoms with Crippen molar-refractivity contribution in [1.29, 1.82) is 0 Å². The molecule has 0 saturated heterocycles. The molecule has 0 bridgehead atoms. The van der Waals surface area contributed by atoms with Crippen molar-refractivity contribution in [3.05, 3.63) is 34.4 Å². The molecular formula is C19H28N6O2. The van der Waals surface area contributed by atoms with E-state index in [2.05, 4.69) is 22.4 Å². The Bertz CT molecular complexity index is 851. The predicted octanol–water partition coefficient (Wildman–Crippen LogP) is 1.33. The van der Waals surface area contributed by atoms with Crippen molar-refractivity contribution in [2.45, 2.75) is 66.7 Å². The minimum absolute atomic E-state index is 0.0795. The standard InChI is InChI=1S/C19H28N6O2/c1-5-18-13(2)21-25(14(18)3)12-19(27)20-10-16-9-17-11-23(15(4)26)7-6-8-24(17)22-16/h9H,5-8,10-12H2,1-4H3,(H,20,27). The van der Waals surface area contributed by atoms with Crippen LogP contribution in [0.1, 0.15) is 48.6 Å². The van der Waals surface area contributed by atoms with Crippen LogP contribution in [0.4, 0.5) is 0 Å². The van der Waals surface area contributed by atoms with Crippen molar-refractivity contribution in [3.8, 4) is 0 Å². The van der Waals surface area contributed by atoms with Gasteiger partial charge >= 0.3 is 0 Å². The van der Waals surface area contributed by atoms with Crippen molar-refractivity contribution >= 4 is 11.8 Å². The summed E-state index contributed by atoms with van der Waals surface area (Å²) in [4.78, 5) is 25.8. The molecular weight excluding hydrogens is 344 g/mol. The highest BCUT2D eigenvalue weighted by Gasteiger charge is 2.18. The lowest BCUT2D eigenvalue weighted by Gasteiger charge is -2.17. The fraction of sp³-hybridized carbons (Fsp3) is 0.579. The van der Waals surface area contributed by atoms with Crippen molar-refractivity contribution < 1.29 is 9.59 Å². The second-order valence-electron chi connectivity index (χ2n) is 7.08. The average molecular weight is 372 g/mol. The summed E-state index contributed by atoms with van der Waals surface area (Å²) in [7, 11) is 0. The molecule has 8 nitrogen and oxygen atoms in total. The van der Waals surface area contributed by atoms with E-state index < -0.39 is 0 Å². The second-order valence-corrected chi connectivity index (χ2v) is 7.08. The summed E-state index contributed by atoms with van der Waals surface area (Å²) in [6, 6.07) is 1.97. The highest BCUT2D eigenvalue weighted by Crippen LogP contribution is 2.15. The van der Waals surface area contributed by atoms with Gasteiger partial charge in [0.2, 0.25) is 11.8 Å². The Hall–Kier alpha value is -2.64. The number of carbonyl (C=O) groups excluding carboxylic acids is 2. The summed E-state index contributed by atoms with van der Waals surface area (Å²) < 4.78 is 3.70. The number of hydrogen-bond donors (Lipinski definition) is 1. The van der Waals surface area contributed by atoms with Crippen LogP contribution in [0.15, 0.2) is 6.07 Å². The topological polar surface area (TPSA) is 85.1 Å². The summed E-state index contributed by atoms with van der Waals surface area (Å²) in [5.41, 5.74) is 5.05. The Morgan fingerprint density at radius 1 is 1.22 bits per heavy atom. The number of aryl methyl sites for hydroxylation is 2. The molecule has 2 aromatic heterocycles. The van der Waals surface area contributed by atoms with E-state index in [1.165, 1.54) is 5.56 Å². The maximum absolute atomic E-state index is 12.3. The van der Waals surface area contributed by atoms with Gasteiger partial charge in [0.05, 0.1) is 30.2 Å². The van der Waals surface area contributed by atoms with Crippen LogP contribution in [-0.2, 0) is 42.2 Å². The van der Waals surface area contributed by atoms with Gasteiger partial charge in [-0.25, -0.2) is 0 Å². The van der Waals surface area contributed by atoms with Gasteiger partial charge in [-0.05, 0) is 38.3 Å². The van der Waals surface area contributed by atoms with Gasteiger partial charge in [-0.15, -0.1) is 0 Å². The lowest BCUT2D eigenvalue weighted by molar-refractivity contribution is -0.129. The van der Waals surface area contributed by atoms with E-state index in [1.54, 1.807) is 11.6 Å². The van der Waals surface area contributed by atoms with Crippen LogP contribution in [0, 0.1) is 13.8 Å². The minimum Gasteiger partial charge on any atom is -0.349 e. The SMILES string of the molecule is CCc1c(C)nn(CC(=O)NCc2cc3n(n2)CCCN(C(C)=O)C3)c1C. The summed E-state index contributed by atoms with van der Waals surface area (Å²) in [6.45, 7) is 10.4. The first kappa shape index (κ1) is 19.1. The van der Waals surface area contributed by atoms with Gasteiger partial charge in [0.25, 0.3) is 0 Å². The third-order valence-corrected chi connectivity index (χ3v) is 5.16. The fourth-order valence-electron chi connectivity index (χ4n) is 3.66. The summed E-state index contributed by atoms with van der Waals surface area (Å²) >= 11 is 0. The van der Waals surface area contributed by atoms with Gasteiger partial charge in [0.1, 0.15) is 6.54 Å². The molecule has 0 radical (unpaired) electrons. The van der Waals surface area contributed by atoms with Gasteiger partial charge < -0.3 is 10.2 Å². The highest BCUT2D eigenvalue weighted by molar-refractivity contribution is 5.75. The molecule has 0 atom stereocenters. The second kappa shape index (κ2) is 7.94. The molecule has 0 unspecified atom stereocenters. The molecule has 146 valence electrons. The number of amides is 2. The third-order valence-electron chi connectivity index (χ3n) is 5.16. The first-order valence-corrected chi connectivity index (χ1v) is 9.49. The van der Waals surface area contributed by atoms with Crippen LogP contribution in [0.3, 0.4) is 0 Å². The van der Waals surface area contributed by atoms with E-state index >= 15 is 0 Å². The van der Waals surface area contributed by atoms with Gasteiger partial charge in [-0.2, -0.15) is 10.2 Å². The van der Waals surface area contributed by atoms with E-state index in [-0.39, 0.29) is 18.4 Å². The van der Waals surface area contributed by atoms with E-state index in [9.17, 15) is 9.59 Å². The van der Waals surface area contributed by atoms with Crippen LogP contribution < -0.4 is 5.32 Å². The molecule has 0 saturated carbocycles. The lowest BCUT2D eigenvalue weighted by atomic mass is 10.1. The molecule has 27 heavy (non-hydrogen) atoms.